The van der Waals surface area contributed by atoms with Gasteiger partial charge < -0.3 is 20.1 Å². The van der Waals surface area contributed by atoms with Gasteiger partial charge >= 0.3 is 11.9 Å². The van der Waals surface area contributed by atoms with Crippen LogP contribution in [0.1, 0.15) is 34.7 Å². The average Bonchev–Trinajstić information content (AvgIpc) is 3.14. The van der Waals surface area contributed by atoms with Crippen molar-refractivity contribution >= 4 is 23.5 Å². The van der Waals surface area contributed by atoms with Crippen LogP contribution in [0.15, 0.2) is 36.5 Å². The summed E-state index contributed by atoms with van der Waals surface area (Å²) in [6.45, 7) is 6.79. The van der Waals surface area contributed by atoms with E-state index >= 15 is 0 Å². The number of ether oxygens (including phenoxy) is 1. The van der Waals surface area contributed by atoms with Gasteiger partial charge in [-0.25, -0.2) is 9.59 Å². The predicted molar refractivity (Wildman–Crippen MR) is 102 cm³/mol. The maximum atomic E-state index is 12.0. The molecule has 2 rings (SSSR count). The first-order valence-corrected chi connectivity index (χ1v) is 8.99. The molecule has 1 amide bonds. The standard InChI is InChI=1S/C19H24N4O5/c1-3-22(4-2)11-12-28-19(27)14-5-7-15(8-6-14)20-17(24)13-23-10-9-16(21-23)18(25)26/h5-10H,3-4,11-13H2,1-2H3,(H,20,24)(H,25,26). The van der Waals surface area contributed by atoms with Crippen molar-refractivity contribution in [1.82, 2.24) is 14.7 Å². The Morgan fingerprint density at radius 2 is 1.82 bits per heavy atom. The smallest absolute Gasteiger partial charge is 0.356 e. The van der Waals surface area contributed by atoms with Gasteiger partial charge in [0.1, 0.15) is 13.2 Å². The van der Waals surface area contributed by atoms with Gasteiger partial charge in [-0.15, -0.1) is 0 Å². The SMILES string of the molecule is CCN(CC)CCOC(=O)c1ccc(NC(=O)Cn2ccc(C(=O)O)n2)cc1. The van der Waals surface area contributed by atoms with Crippen molar-refractivity contribution in [3.8, 4) is 0 Å². The van der Waals surface area contributed by atoms with E-state index in [2.05, 4.69) is 29.2 Å². The normalized spacial score (nSPS) is 10.7. The van der Waals surface area contributed by atoms with E-state index in [0.717, 1.165) is 13.1 Å². The Hall–Kier alpha value is -3.20. The third kappa shape index (κ3) is 6.20. The zero-order valence-electron chi connectivity index (χ0n) is 15.9. The van der Waals surface area contributed by atoms with Gasteiger partial charge in [0.2, 0.25) is 5.91 Å². The third-order valence-corrected chi connectivity index (χ3v) is 4.10. The zero-order valence-corrected chi connectivity index (χ0v) is 15.9. The molecule has 0 aliphatic carbocycles. The summed E-state index contributed by atoms with van der Waals surface area (Å²) in [5.41, 5.74) is 0.780. The number of hydrogen-bond donors (Lipinski definition) is 2. The quantitative estimate of drug-likeness (QED) is 0.596. The number of benzene rings is 1. The summed E-state index contributed by atoms with van der Waals surface area (Å²) in [5.74, 6) is -1.93. The Morgan fingerprint density at radius 3 is 2.39 bits per heavy atom. The van der Waals surface area contributed by atoms with E-state index in [-0.39, 0.29) is 18.1 Å². The molecule has 1 aromatic heterocycles. The molecule has 2 aromatic rings. The third-order valence-electron chi connectivity index (χ3n) is 4.10. The molecule has 1 aromatic carbocycles. The lowest BCUT2D eigenvalue weighted by Gasteiger charge is -2.17. The number of carboxylic acids is 1. The lowest BCUT2D eigenvalue weighted by Crippen LogP contribution is -2.27. The largest absolute Gasteiger partial charge is 0.476 e. The van der Waals surface area contributed by atoms with Crippen molar-refractivity contribution in [3.05, 3.63) is 47.8 Å². The number of likely N-dealkylation sites (N-methyl/N-ethyl adjacent to an activating group) is 1. The first kappa shape index (κ1) is 21.1. The molecule has 0 aliphatic heterocycles. The number of anilines is 1. The number of aromatic nitrogens is 2. The van der Waals surface area contributed by atoms with Gasteiger partial charge in [-0.2, -0.15) is 5.10 Å². The molecular weight excluding hydrogens is 364 g/mol. The second-order valence-electron chi connectivity index (χ2n) is 5.99. The molecule has 0 fully saturated rings. The number of carboxylic acid groups (broad SMARTS) is 1. The molecule has 0 spiro atoms. The molecule has 2 N–H and O–H groups in total. The lowest BCUT2D eigenvalue weighted by molar-refractivity contribution is -0.116. The van der Waals surface area contributed by atoms with Crippen LogP contribution in [-0.2, 0) is 16.1 Å². The summed E-state index contributed by atoms with van der Waals surface area (Å²) < 4.78 is 6.49. The van der Waals surface area contributed by atoms with E-state index in [9.17, 15) is 14.4 Å². The number of esters is 1. The molecule has 0 atom stereocenters. The van der Waals surface area contributed by atoms with Gasteiger partial charge in [0.25, 0.3) is 0 Å². The van der Waals surface area contributed by atoms with Crippen LogP contribution in [0.25, 0.3) is 0 Å². The van der Waals surface area contributed by atoms with E-state index in [0.29, 0.717) is 24.4 Å². The number of hydrogen-bond acceptors (Lipinski definition) is 6. The highest BCUT2D eigenvalue weighted by Crippen LogP contribution is 2.11. The summed E-state index contributed by atoms with van der Waals surface area (Å²) in [4.78, 5) is 37.0. The van der Waals surface area contributed by atoms with Crippen molar-refractivity contribution in [2.45, 2.75) is 20.4 Å². The van der Waals surface area contributed by atoms with Crippen molar-refractivity contribution in [2.24, 2.45) is 0 Å². The molecule has 150 valence electrons. The van der Waals surface area contributed by atoms with Crippen molar-refractivity contribution in [1.29, 1.82) is 0 Å². The molecule has 9 nitrogen and oxygen atoms in total. The molecule has 0 unspecified atom stereocenters. The first-order valence-electron chi connectivity index (χ1n) is 8.99. The number of nitrogens with zero attached hydrogens (tertiary/aromatic N) is 3. The Bertz CT molecular complexity index is 812. The van der Waals surface area contributed by atoms with Crippen LogP contribution in [0.5, 0.6) is 0 Å². The highest BCUT2D eigenvalue weighted by molar-refractivity contribution is 5.93. The Kier molecular flexibility index (Phi) is 7.70. The van der Waals surface area contributed by atoms with Crippen LogP contribution in [0, 0.1) is 0 Å². The van der Waals surface area contributed by atoms with Crippen LogP contribution >= 0.6 is 0 Å². The highest BCUT2D eigenvalue weighted by atomic mass is 16.5. The van der Waals surface area contributed by atoms with E-state index < -0.39 is 11.9 Å². The van der Waals surface area contributed by atoms with Crippen LogP contribution in [0.3, 0.4) is 0 Å². The van der Waals surface area contributed by atoms with Crippen LogP contribution in [0.2, 0.25) is 0 Å². The molecule has 9 heteroatoms. The highest BCUT2D eigenvalue weighted by Gasteiger charge is 2.11. The van der Waals surface area contributed by atoms with E-state index in [1.54, 1.807) is 24.3 Å². The molecular formula is C19H24N4O5. The Balaban J connectivity index is 1.83. The van der Waals surface area contributed by atoms with Crippen LogP contribution in [-0.4, -0.2) is 63.9 Å². The monoisotopic (exact) mass is 388 g/mol. The lowest BCUT2D eigenvalue weighted by atomic mass is 10.2. The second kappa shape index (κ2) is 10.2. The van der Waals surface area contributed by atoms with Gasteiger partial charge in [-0.1, -0.05) is 13.8 Å². The number of carbonyl (C=O) groups is 3. The second-order valence-corrected chi connectivity index (χ2v) is 5.99. The van der Waals surface area contributed by atoms with Crippen LogP contribution < -0.4 is 5.32 Å². The molecule has 28 heavy (non-hydrogen) atoms. The number of nitrogens with one attached hydrogen (secondary N) is 1. The first-order chi connectivity index (χ1) is 13.4. The predicted octanol–water partition coefficient (Wildman–Crippen LogP) is 1.72. The van der Waals surface area contributed by atoms with Gasteiger partial charge in [0.15, 0.2) is 5.69 Å². The van der Waals surface area contributed by atoms with Gasteiger partial charge in [0.05, 0.1) is 5.56 Å². The van der Waals surface area contributed by atoms with Gasteiger partial charge in [-0.05, 0) is 43.4 Å². The molecule has 0 saturated carbocycles. The fourth-order valence-electron chi connectivity index (χ4n) is 2.49. The average molecular weight is 388 g/mol. The Labute approximate surface area is 162 Å². The van der Waals surface area contributed by atoms with Crippen LogP contribution in [0.4, 0.5) is 5.69 Å². The zero-order chi connectivity index (χ0) is 20.5. The van der Waals surface area contributed by atoms with Crippen molar-refractivity contribution in [2.75, 3.05) is 31.6 Å². The minimum Gasteiger partial charge on any atom is -0.476 e. The fourth-order valence-corrected chi connectivity index (χ4v) is 2.49. The van der Waals surface area contributed by atoms with Gasteiger partial charge in [-0.3, -0.25) is 9.48 Å². The molecule has 0 radical (unpaired) electrons. The maximum absolute atomic E-state index is 12.0. The number of amides is 1. The molecule has 0 saturated heterocycles. The topological polar surface area (TPSA) is 114 Å². The van der Waals surface area contributed by atoms with E-state index in [1.165, 1.54) is 16.9 Å². The number of carbonyl (C=O) groups excluding carboxylic acids is 2. The summed E-state index contributed by atoms with van der Waals surface area (Å²) in [5, 5.41) is 15.3. The fraction of sp³-hybridized carbons (Fsp3) is 0.368. The maximum Gasteiger partial charge on any atom is 0.356 e. The van der Waals surface area contributed by atoms with Crippen molar-refractivity contribution in [3.63, 3.8) is 0 Å². The summed E-state index contributed by atoms with van der Waals surface area (Å²) in [6.07, 6.45) is 1.42. The van der Waals surface area contributed by atoms with Gasteiger partial charge in [0, 0.05) is 18.4 Å². The van der Waals surface area contributed by atoms with E-state index in [1.807, 2.05) is 0 Å². The summed E-state index contributed by atoms with van der Waals surface area (Å²) in [6, 6.07) is 7.67. The number of rotatable bonds is 10. The van der Waals surface area contributed by atoms with Crippen molar-refractivity contribution < 1.29 is 24.2 Å². The van der Waals surface area contributed by atoms with E-state index in [4.69, 9.17) is 9.84 Å². The minimum atomic E-state index is -1.15. The molecule has 0 bridgehead atoms. The number of aromatic carboxylic acids is 1. The molecule has 0 aliphatic rings. The summed E-state index contributed by atoms with van der Waals surface area (Å²) >= 11 is 0. The summed E-state index contributed by atoms with van der Waals surface area (Å²) in [7, 11) is 0. The Morgan fingerprint density at radius 1 is 1.14 bits per heavy atom. The minimum absolute atomic E-state index is 0.123. The molecule has 1 heterocycles.